The molecule has 1 aliphatic heterocycles. The van der Waals surface area contributed by atoms with Gasteiger partial charge in [0.1, 0.15) is 0 Å². The Labute approximate surface area is 161 Å². The van der Waals surface area contributed by atoms with Crippen molar-refractivity contribution in [2.75, 3.05) is 26.7 Å². The fraction of sp³-hybridized carbons (Fsp3) is 0.588. The normalized spacial score (nSPS) is 19.0. The Hall–Kier alpha value is -0.470. The molecular weight excluding hydrogens is 421 g/mol. The topological polar surface area (TPSA) is 45.7 Å². The Bertz CT molecular complexity index is 452. The zero-order valence-electron chi connectivity index (χ0n) is 14.0. The van der Waals surface area contributed by atoms with Gasteiger partial charge in [0.15, 0.2) is 5.96 Å². The van der Waals surface area contributed by atoms with Crippen molar-refractivity contribution in [1.82, 2.24) is 10.6 Å². The van der Waals surface area contributed by atoms with E-state index in [1.165, 1.54) is 17.7 Å². The van der Waals surface area contributed by atoms with Crippen LogP contribution in [0.3, 0.4) is 0 Å². The van der Waals surface area contributed by atoms with Crippen LogP contribution in [0.2, 0.25) is 0 Å². The monoisotopic (exact) mass is 449 g/mol. The van der Waals surface area contributed by atoms with Crippen LogP contribution < -0.4 is 10.6 Å². The van der Waals surface area contributed by atoms with Crippen LogP contribution in [0.1, 0.15) is 26.2 Å². The van der Waals surface area contributed by atoms with Gasteiger partial charge in [-0.2, -0.15) is 0 Å². The molecule has 23 heavy (non-hydrogen) atoms. The van der Waals surface area contributed by atoms with Crippen molar-refractivity contribution >= 4 is 41.7 Å². The van der Waals surface area contributed by atoms with Crippen LogP contribution in [0, 0.1) is 0 Å². The fourth-order valence-corrected chi connectivity index (χ4v) is 3.40. The molecule has 4 nitrogen and oxygen atoms in total. The molecule has 0 saturated carbocycles. The van der Waals surface area contributed by atoms with Gasteiger partial charge in [0.25, 0.3) is 0 Å². The second-order valence-corrected chi connectivity index (χ2v) is 7.06. The first-order valence-electron chi connectivity index (χ1n) is 8.05. The number of nitrogens with one attached hydrogen (secondary N) is 2. The molecule has 130 valence electrons. The van der Waals surface area contributed by atoms with E-state index >= 15 is 0 Å². The second kappa shape index (κ2) is 12.0. The van der Waals surface area contributed by atoms with Gasteiger partial charge in [-0.15, -0.1) is 35.7 Å². The van der Waals surface area contributed by atoms with E-state index in [0.29, 0.717) is 11.4 Å². The van der Waals surface area contributed by atoms with Gasteiger partial charge in [0.05, 0.1) is 6.10 Å². The molecule has 1 aliphatic rings. The average Bonchev–Trinajstić information content (AvgIpc) is 3.05. The summed E-state index contributed by atoms with van der Waals surface area (Å²) in [7, 11) is 1.82. The number of nitrogens with zero attached hydrogens (tertiary/aromatic N) is 1. The maximum Gasteiger partial charge on any atom is 0.191 e. The lowest BCUT2D eigenvalue weighted by Crippen LogP contribution is -2.41. The maximum absolute atomic E-state index is 5.63. The number of ether oxygens (including phenoxy) is 1. The summed E-state index contributed by atoms with van der Waals surface area (Å²) in [5.41, 5.74) is 0. The number of hydrogen-bond acceptors (Lipinski definition) is 3. The number of thioether (sulfide) groups is 1. The first-order chi connectivity index (χ1) is 10.8. The van der Waals surface area contributed by atoms with Gasteiger partial charge >= 0.3 is 0 Å². The largest absolute Gasteiger partial charge is 0.378 e. The maximum atomic E-state index is 5.63. The Morgan fingerprint density at radius 2 is 2.13 bits per heavy atom. The van der Waals surface area contributed by atoms with E-state index in [-0.39, 0.29) is 24.0 Å². The van der Waals surface area contributed by atoms with Gasteiger partial charge in [0, 0.05) is 36.9 Å². The minimum Gasteiger partial charge on any atom is -0.378 e. The lowest BCUT2D eigenvalue weighted by molar-refractivity contribution is 0.105. The summed E-state index contributed by atoms with van der Waals surface area (Å²) < 4.78 is 5.63. The minimum atomic E-state index is 0. The SMILES string of the molecule is CN=C(NCCC1CCCO1)NCC(C)Sc1ccccc1.I. The average molecular weight is 449 g/mol. The van der Waals surface area contributed by atoms with E-state index in [1.54, 1.807) is 0 Å². The molecule has 2 atom stereocenters. The van der Waals surface area contributed by atoms with E-state index in [1.807, 2.05) is 24.9 Å². The van der Waals surface area contributed by atoms with E-state index < -0.39 is 0 Å². The molecule has 1 aromatic carbocycles. The zero-order valence-corrected chi connectivity index (χ0v) is 17.1. The molecule has 0 aliphatic carbocycles. The van der Waals surface area contributed by atoms with Crippen LogP contribution in [0.5, 0.6) is 0 Å². The van der Waals surface area contributed by atoms with Crippen molar-refractivity contribution in [2.45, 2.75) is 42.4 Å². The lowest BCUT2D eigenvalue weighted by atomic mass is 10.2. The van der Waals surface area contributed by atoms with E-state index in [9.17, 15) is 0 Å². The summed E-state index contributed by atoms with van der Waals surface area (Å²) in [4.78, 5) is 5.58. The van der Waals surface area contributed by atoms with E-state index in [0.717, 1.165) is 32.1 Å². The van der Waals surface area contributed by atoms with Gasteiger partial charge in [-0.05, 0) is 31.4 Å². The highest BCUT2D eigenvalue weighted by atomic mass is 127. The van der Waals surface area contributed by atoms with Crippen molar-refractivity contribution < 1.29 is 4.74 Å². The summed E-state index contributed by atoms with van der Waals surface area (Å²) in [5, 5.41) is 7.24. The Morgan fingerprint density at radius 1 is 1.35 bits per heavy atom. The molecule has 0 aromatic heterocycles. The fourth-order valence-electron chi connectivity index (χ4n) is 2.46. The van der Waals surface area contributed by atoms with Crippen LogP contribution in [0.15, 0.2) is 40.2 Å². The molecule has 2 unspecified atom stereocenters. The van der Waals surface area contributed by atoms with Crippen molar-refractivity contribution in [2.24, 2.45) is 4.99 Å². The predicted molar refractivity (Wildman–Crippen MR) is 110 cm³/mol. The Kier molecular flexibility index (Phi) is 10.7. The summed E-state index contributed by atoms with van der Waals surface area (Å²) >= 11 is 1.88. The summed E-state index contributed by atoms with van der Waals surface area (Å²) in [6.45, 7) is 4.94. The third-order valence-electron chi connectivity index (χ3n) is 3.64. The molecule has 2 rings (SSSR count). The van der Waals surface area contributed by atoms with E-state index in [4.69, 9.17) is 4.74 Å². The third-order valence-corrected chi connectivity index (χ3v) is 4.76. The zero-order chi connectivity index (χ0) is 15.6. The highest BCUT2D eigenvalue weighted by molar-refractivity contribution is 14.0. The van der Waals surface area contributed by atoms with Gasteiger partial charge in [-0.1, -0.05) is 25.1 Å². The molecule has 0 bridgehead atoms. The number of rotatable bonds is 7. The lowest BCUT2D eigenvalue weighted by Gasteiger charge is -2.16. The molecule has 1 fully saturated rings. The smallest absolute Gasteiger partial charge is 0.191 e. The Morgan fingerprint density at radius 3 is 2.78 bits per heavy atom. The second-order valence-electron chi connectivity index (χ2n) is 5.55. The van der Waals surface area contributed by atoms with Crippen LogP contribution in [-0.2, 0) is 4.74 Å². The number of hydrogen-bond donors (Lipinski definition) is 2. The van der Waals surface area contributed by atoms with Crippen LogP contribution >= 0.6 is 35.7 Å². The molecule has 1 aromatic rings. The standard InChI is InChI=1S/C17H27N3OS.HI/c1-14(22-16-8-4-3-5-9-16)13-20-17(18-2)19-11-10-15-7-6-12-21-15;/h3-5,8-9,14-15H,6-7,10-13H2,1-2H3,(H2,18,19,20);1H. The molecule has 0 amide bonds. The molecule has 2 N–H and O–H groups in total. The summed E-state index contributed by atoms with van der Waals surface area (Å²) in [6.07, 6.45) is 3.87. The molecule has 1 saturated heterocycles. The van der Waals surface area contributed by atoms with Crippen LogP contribution in [0.4, 0.5) is 0 Å². The highest BCUT2D eigenvalue weighted by Gasteiger charge is 2.14. The summed E-state index contributed by atoms with van der Waals surface area (Å²) in [5.74, 6) is 0.874. The van der Waals surface area contributed by atoms with Crippen LogP contribution in [-0.4, -0.2) is 44.1 Å². The molecule has 0 spiro atoms. The number of benzene rings is 1. The first-order valence-corrected chi connectivity index (χ1v) is 8.93. The quantitative estimate of drug-likeness (QED) is 0.290. The molecular formula is C17H28IN3OS. The molecule has 6 heteroatoms. The van der Waals surface area contributed by atoms with Crippen molar-refractivity contribution in [3.8, 4) is 0 Å². The van der Waals surface area contributed by atoms with E-state index in [2.05, 4.69) is 46.8 Å². The number of guanidine groups is 1. The van der Waals surface area contributed by atoms with Crippen LogP contribution in [0.25, 0.3) is 0 Å². The highest BCUT2D eigenvalue weighted by Crippen LogP contribution is 2.21. The van der Waals surface area contributed by atoms with Gasteiger partial charge < -0.3 is 15.4 Å². The third kappa shape index (κ3) is 8.26. The minimum absolute atomic E-state index is 0. The number of halogens is 1. The molecule has 1 heterocycles. The number of aliphatic imine (C=N–C) groups is 1. The first kappa shape index (κ1) is 20.6. The van der Waals surface area contributed by atoms with Crippen molar-refractivity contribution in [3.63, 3.8) is 0 Å². The Balaban J connectivity index is 0.00000264. The molecule has 0 radical (unpaired) electrons. The van der Waals surface area contributed by atoms with Gasteiger partial charge in [-0.25, -0.2) is 0 Å². The van der Waals surface area contributed by atoms with Gasteiger partial charge in [0.2, 0.25) is 0 Å². The van der Waals surface area contributed by atoms with Crippen molar-refractivity contribution in [3.05, 3.63) is 30.3 Å². The predicted octanol–water partition coefficient (Wildman–Crippen LogP) is 3.52. The van der Waals surface area contributed by atoms with Gasteiger partial charge in [-0.3, -0.25) is 4.99 Å². The summed E-state index contributed by atoms with van der Waals surface area (Å²) in [6, 6.07) is 10.5. The van der Waals surface area contributed by atoms with Crippen molar-refractivity contribution in [1.29, 1.82) is 0 Å².